The van der Waals surface area contributed by atoms with Crippen molar-refractivity contribution in [2.45, 2.75) is 24.5 Å². The Morgan fingerprint density at radius 1 is 1.23 bits per heavy atom. The molecule has 1 fully saturated rings. The first kappa shape index (κ1) is 15.1. The molecule has 1 aromatic carbocycles. The average molecular weight is 299 g/mol. The molecule has 0 spiro atoms. The zero-order valence-electron chi connectivity index (χ0n) is 12.4. The molecule has 22 heavy (non-hydrogen) atoms. The van der Waals surface area contributed by atoms with Gasteiger partial charge >= 0.3 is 0 Å². The van der Waals surface area contributed by atoms with Gasteiger partial charge in [-0.05, 0) is 50.4 Å². The monoisotopic (exact) mass is 299 g/mol. The first-order valence-corrected chi connectivity index (χ1v) is 7.56. The number of pyridine rings is 1. The van der Waals surface area contributed by atoms with E-state index in [2.05, 4.69) is 17.2 Å². The van der Waals surface area contributed by atoms with Crippen molar-refractivity contribution in [3.05, 3.63) is 72.7 Å². The third-order valence-electron chi connectivity index (χ3n) is 4.46. The molecule has 3 atom stereocenters. The molecule has 0 amide bonds. The highest BCUT2D eigenvalue weighted by atomic mass is 19.1. The summed E-state index contributed by atoms with van der Waals surface area (Å²) in [6.45, 7) is 4.67. The molecule has 3 rings (SSSR count). The Hall–Kier alpha value is -1.78. The summed E-state index contributed by atoms with van der Waals surface area (Å²) >= 11 is 0. The van der Waals surface area contributed by atoms with E-state index in [0.29, 0.717) is 6.42 Å². The van der Waals surface area contributed by atoms with E-state index in [9.17, 15) is 9.50 Å². The van der Waals surface area contributed by atoms with Crippen LogP contribution in [0.5, 0.6) is 0 Å². The van der Waals surface area contributed by atoms with Crippen LogP contribution in [0.2, 0.25) is 0 Å². The second-order valence-electron chi connectivity index (χ2n) is 5.89. The molecule has 4 heteroatoms. The summed E-state index contributed by atoms with van der Waals surface area (Å²) in [4.78, 5) is 4.37. The number of nitrogens with zero attached hydrogens (tertiary/aromatic N) is 1. The topological polar surface area (TPSA) is 45.1 Å². The largest absolute Gasteiger partial charge is 0.385 e. The molecule has 3 unspecified atom stereocenters. The minimum absolute atomic E-state index is 0.0556. The number of nitrogens with one attached hydrogen (secondary N) is 1. The molecule has 2 heterocycles. The Bertz CT molecular complexity index is 630. The molecule has 3 nitrogen and oxygen atoms in total. The van der Waals surface area contributed by atoms with Crippen molar-refractivity contribution >= 4 is 0 Å². The second-order valence-corrected chi connectivity index (χ2v) is 5.89. The summed E-state index contributed by atoms with van der Waals surface area (Å²) in [6, 6.07) is 12.2. The number of halogens is 1. The molecule has 1 radical (unpaired) electrons. The lowest BCUT2D eigenvalue weighted by molar-refractivity contribution is -0.00390. The van der Waals surface area contributed by atoms with Gasteiger partial charge in [-0.25, -0.2) is 4.39 Å². The van der Waals surface area contributed by atoms with Crippen LogP contribution >= 0.6 is 0 Å². The van der Waals surface area contributed by atoms with Crippen molar-refractivity contribution in [3.63, 3.8) is 0 Å². The summed E-state index contributed by atoms with van der Waals surface area (Å²) in [5.74, 6) is -0.537. The molecule has 115 valence electrons. The van der Waals surface area contributed by atoms with Gasteiger partial charge in [-0.15, -0.1) is 0 Å². The Balaban J connectivity index is 1.84. The molecule has 2 aromatic rings. The first-order chi connectivity index (χ1) is 10.6. The van der Waals surface area contributed by atoms with Crippen LogP contribution in [0.3, 0.4) is 0 Å². The van der Waals surface area contributed by atoms with Crippen LogP contribution in [0.1, 0.15) is 30.1 Å². The summed E-state index contributed by atoms with van der Waals surface area (Å²) < 4.78 is 14.0. The maximum atomic E-state index is 14.0. The summed E-state index contributed by atoms with van der Waals surface area (Å²) in [5, 5.41) is 14.3. The third kappa shape index (κ3) is 2.89. The molecule has 1 saturated heterocycles. The fourth-order valence-electron chi connectivity index (χ4n) is 3.19. The zero-order chi connectivity index (χ0) is 15.6. The van der Waals surface area contributed by atoms with E-state index in [4.69, 9.17) is 0 Å². The lowest BCUT2D eigenvalue weighted by atomic mass is 9.75. The van der Waals surface area contributed by atoms with Crippen LogP contribution in [-0.2, 0) is 5.60 Å². The van der Waals surface area contributed by atoms with Crippen LogP contribution in [0.25, 0.3) is 0 Å². The number of piperidine rings is 1. The zero-order valence-corrected chi connectivity index (χ0v) is 12.4. The molecule has 1 aliphatic heterocycles. The molecule has 0 aliphatic carbocycles. The van der Waals surface area contributed by atoms with E-state index in [1.54, 1.807) is 24.4 Å². The van der Waals surface area contributed by atoms with Gasteiger partial charge in [0.05, 0.1) is 11.3 Å². The molecular weight excluding hydrogens is 279 g/mol. The lowest BCUT2D eigenvalue weighted by Gasteiger charge is -2.39. The number of hydrogen-bond donors (Lipinski definition) is 2. The van der Waals surface area contributed by atoms with Gasteiger partial charge in [0.25, 0.3) is 0 Å². The number of benzene rings is 1. The van der Waals surface area contributed by atoms with Gasteiger partial charge in [0.2, 0.25) is 0 Å². The Kier molecular flexibility index (Phi) is 4.23. The SMILES string of the molecule is [CH2]C(O)(c1ccccc1F)C1CCNC(c2ccccn2)C1. The van der Waals surface area contributed by atoms with Gasteiger partial charge in [0.15, 0.2) is 0 Å². The molecule has 1 aromatic heterocycles. The fraction of sp³-hybridized carbons (Fsp3) is 0.333. The van der Waals surface area contributed by atoms with Gasteiger partial charge in [-0.2, -0.15) is 0 Å². The maximum absolute atomic E-state index is 14.0. The summed E-state index contributed by atoms with van der Waals surface area (Å²) in [6.07, 6.45) is 3.18. The van der Waals surface area contributed by atoms with Crippen LogP contribution in [0.15, 0.2) is 48.7 Å². The van der Waals surface area contributed by atoms with Gasteiger partial charge < -0.3 is 10.4 Å². The lowest BCUT2D eigenvalue weighted by Crippen LogP contribution is -2.42. The van der Waals surface area contributed by atoms with E-state index >= 15 is 0 Å². The highest BCUT2D eigenvalue weighted by Gasteiger charge is 2.39. The van der Waals surface area contributed by atoms with Gasteiger partial charge in [-0.3, -0.25) is 4.98 Å². The molecule has 2 N–H and O–H groups in total. The smallest absolute Gasteiger partial charge is 0.129 e. The maximum Gasteiger partial charge on any atom is 0.129 e. The van der Waals surface area contributed by atoms with Crippen LogP contribution in [0.4, 0.5) is 4.39 Å². The van der Waals surface area contributed by atoms with Gasteiger partial charge in [0, 0.05) is 17.8 Å². The highest BCUT2D eigenvalue weighted by molar-refractivity contribution is 5.27. The third-order valence-corrected chi connectivity index (χ3v) is 4.46. The quantitative estimate of drug-likeness (QED) is 0.916. The van der Waals surface area contributed by atoms with Crippen LogP contribution in [-0.4, -0.2) is 16.6 Å². The summed E-state index contributed by atoms with van der Waals surface area (Å²) in [7, 11) is 0. The summed E-state index contributed by atoms with van der Waals surface area (Å²) in [5.41, 5.74) is -0.223. The van der Waals surface area contributed by atoms with E-state index in [-0.39, 0.29) is 17.5 Å². The average Bonchev–Trinajstić information content (AvgIpc) is 2.56. The van der Waals surface area contributed by atoms with Crippen molar-refractivity contribution in [2.75, 3.05) is 6.54 Å². The van der Waals surface area contributed by atoms with Gasteiger partial charge in [-0.1, -0.05) is 24.3 Å². The Labute approximate surface area is 130 Å². The van der Waals surface area contributed by atoms with Crippen LogP contribution in [0, 0.1) is 18.7 Å². The van der Waals surface area contributed by atoms with Crippen molar-refractivity contribution in [1.29, 1.82) is 0 Å². The van der Waals surface area contributed by atoms with Crippen molar-refractivity contribution in [2.24, 2.45) is 5.92 Å². The fourth-order valence-corrected chi connectivity index (χ4v) is 3.19. The molecule has 0 saturated carbocycles. The van der Waals surface area contributed by atoms with E-state index < -0.39 is 11.4 Å². The van der Waals surface area contributed by atoms with Crippen molar-refractivity contribution in [1.82, 2.24) is 10.3 Å². The molecule has 1 aliphatic rings. The highest BCUT2D eigenvalue weighted by Crippen LogP contribution is 2.39. The normalized spacial score (nSPS) is 24.7. The van der Waals surface area contributed by atoms with Crippen molar-refractivity contribution in [3.8, 4) is 0 Å². The number of aliphatic hydroxyl groups is 1. The first-order valence-electron chi connectivity index (χ1n) is 7.56. The van der Waals surface area contributed by atoms with E-state index in [0.717, 1.165) is 18.7 Å². The van der Waals surface area contributed by atoms with E-state index in [1.807, 2.05) is 18.2 Å². The number of rotatable bonds is 3. The standard InChI is InChI=1S/C18H20FN2O/c1-18(22,14-6-2-3-7-15(14)19)13-9-11-21-17(12-13)16-8-4-5-10-20-16/h2-8,10,13,17,21-22H,1,9,11-12H2. The van der Waals surface area contributed by atoms with Crippen LogP contribution < -0.4 is 5.32 Å². The minimum atomic E-state index is -1.43. The number of hydrogen-bond acceptors (Lipinski definition) is 3. The predicted molar refractivity (Wildman–Crippen MR) is 83.4 cm³/mol. The van der Waals surface area contributed by atoms with E-state index in [1.165, 1.54) is 6.07 Å². The Morgan fingerprint density at radius 3 is 2.73 bits per heavy atom. The number of aromatic nitrogens is 1. The molecular formula is C18H20FN2O. The minimum Gasteiger partial charge on any atom is -0.385 e. The second kappa shape index (κ2) is 6.15. The Morgan fingerprint density at radius 2 is 2.00 bits per heavy atom. The van der Waals surface area contributed by atoms with Crippen molar-refractivity contribution < 1.29 is 9.50 Å². The predicted octanol–water partition coefficient (Wildman–Crippen LogP) is 2.98. The van der Waals surface area contributed by atoms with Gasteiger partial charge in [0.1, 0.15) is 5.82 Å². The molecule has 0 bridgehead atoms.